The lowest BCUT2D eigenvalue weighted by Crippen LogP contribution is -2.64. The molecule has 0 fully saturated rings. The fourth-order valence-corrected chi connectivity index (χ4v) is 0.737. The van der Waals surface area contributed by atoms with Crippen LogP contribution >= 0.6 is 0 Å². The molecule has 0 heterocycles. The van der Waals surface area contributed by atoms with Crippen LogP contribution in [0, 0.1) is 30.5 Å². The Morgan fingerprint density at radius 2 is 1.56 bits per heavy atom. The van der Waals surface area contributed by atoms with E-state index in [1.54, 1.807) is 0 Å². The fourth-order valence-electron chi connectivity index (χ4n) is 0.481. The number of hydrogen-bond acceptors (Lipinski definition) is 11. The highest BCUT2D eigenvalue weighted by molar-refractivity contribution is 4.91. The molecule has 0 aliphatic heterocycles. The van der Waals surface area contributed by atoms with Gasteiger partial charge in [-0.05, 0) is 5.17 Å². The molecular weight excluding hydrogens is 258 g/mol. The lowest BCUT2D eigenvalue weighted by Gasteiger charge is -2.15. The minimum absolute atomic E-state index is 0.606. The van der Waals surface area contributed by atoms with Crippen LogP contribution in [0.4, 0.5) is 0 Å². The van der Waals surface area contributed by atoms with Crippen molar-refractivity contribution in [3.8, 4) is 0 Å². The molecule has 0 aliphatic rings. The van der Waals surface area contributed by atoms with Gasteiger partial charge >= 0.3 is 11.6 Å². The van der Waals surface area contributed by atoms with Crippen LogP contribution in [0.2, 0.25) is 0 Å². The van der Waals surface area contributed by atoms with Gasteiger partial charge in [-0.1, -0.05) is 0 Å². The molecular formula is C2H4ClN5O8. The van der Waals surface area contributed by atoms with Crippen molar-refractivity contribution in [1.82, 2.24) is 5.17 Å². The van der Waals surface area contributed by atoms with Gasteiger partial charge in [0.1, 0.15) is 20.1 Å². The SMILES string of the molecule is NC(=C([N+](=O)[O-])[N+](=O)[O-])N(N)O[Cl+3]([O-])([O-])[O-]. The van der Waals surface area contributed by atoms with Gasteiger partial charge in [-0.25, -0.2) is 5.84 Å². The molecule has 0 aromatic rings. The third-order valence-electron chi connectivity index (χ3n) is 0.971. The molecule has 0 radical (unpaired) electrons. The molecule has 13 nitrogen and oxygen atoms in total. The molecule has 0 rings (SSSR count). The molecule has 0 amide bonds. The smallest absolute Gasteiger partial charge is 0.370 e. The molecule has 4 N–H and O–H groups in total. The fraction of sp³-hybridized carbons (Fsp3) is 0. The summed E-state index contributed by atoms with van der Waals surface area (Å²) in [5.41, 5.74) is 4.73. The summed E-state index contributed by atoms with van der Waals surface area (Å²) in [6.45, 7) is 0. The second-order valence-electron chi connectivity index (χ2n) is 2.00. The quantitative estimate of drug-likeness (QED) is 0.270. The van der Waals surface area contributed by atoms with E-state index in [0.29, 0.717) is 0 Å². The summed E-state index contributed by atoms with van der Waals surface area (Å²) in [4.78, 5) is 17.1. The van der Waals surface area contributed by atoms with Crippen LogP contribution in [0.15, 0.2) is 11.6 Å². The number of nitrogens with two attached hydrogens (primary N) is 2. The lowest BCUT2D eigenvalue weighted by molar-refractivity contribution is -1.92. The second-order valence-corrected chi connectivity index (χ2v) is 2.89. The maximum atomic E-state index is 10.1. The molecule has 0 unspecified atom stereocenters. The normalized spacial score (nSPS) is 10.8. The van der Waals surface area contributed by atoms with Crippen LogP contribution in [0.5, 0.6) is 0 Å². The highest BCUT2D eigenvalue weighted by Crippen LogP contribution is 2.05. The molecule has 0 saturated carbocycles. The Bertz CT molecular complexity index is 318. The van der Waals surface area contributed by atoms with Crippen LogP contribution in [0.3, 0.4) is 0 Å². The first-order valence-electron chi connectivity index (χ1n) is 3.00. The minimum atomic E-state index is -5.09. The van der Waals surface area contributed by atoms with Crippen LogP contribution in [0.25, 0.3) is 0 Å². The van der Waals surface area contributed by atoms with Crippen molar-refractivity contribution in [2.45, 2.75) is 0 Å². The van der Waals surface area contributed by atoms with Crippen molar-refractivity contribution >= 4 is 0 Å². The Hall–Kier alpha value is -1.77. The molecule has 0 bridgehead atoms. The molecule has 92 valence electrons. The Labute approximate surface area is 88.0 Å². The van der Waals surface area contributed by atoms with Crippen molar-refractivity contribution in [1.29, 1.82) is 0 Å². The van der Waals surface area contributed by atoms with Crippen LogP contribution < -0.4 is 25.6 Å². The molecule has 16 heavy (non-hydrogen) atoms. The van der Waals surface area contributed by atoms with E-state index in [2.05, 4.69) is 10.2 Å². The van der Waals surface area contributed by atoms with Gasteiger partial charge in [-0.2, -0.15) is 14.0 Å². The Morgan fingerprint density at radius 1 is 1.19 bits per heavy atom. The largest absolute Gasteiger partial charge is 0.603 e. The summed E-state index contributed by atoms with van der Waals surface area (Å²) in [6.07, 6.45) is 0. The van der Waals surface area contributed by atoms with Gasteiger partial charge in [0.2, 0.25) is 4.39 Å². The van der Waals surface area contributed by atoms with E-state index in [1.807, 2.05) is 0 Å². The average Bonchev–Trinajstić information content (AvgIpc) is 1.98. The van der Waals surface area contributed by atoms with Crippen LogP contribution in [-0.4, -0.2) is 15.0 Å². The highest BCUT2D eigenvalue weighted by atomic mass is 35.7. The van der Waals surface area contributed by atoms with Crippen LogP contribution in [-0.2, 0) is 4.39 Å². The molecule has 14 heteroatoms. The molecule has 0 saturated heterocycles. The third kappa shape index (κ3) is 4.17. The van der Waals surface area contributed by atoms with Gasteiger partial charge in [0.15, 0.2) is 0 Å². The number of nitrogens with zero attached hydrogens (tertiary/aromatic N) is 3. The first-order chi connectivity index (χ1) is 7.06. The molecule has 0 aliphatic carbocycles. The van der Waals surface area contributed by atoms with Gasteiger partial charge in [0, 0.05) is 0 Å². The van der Waals surface area contributed by atoms with E-state index in [-0.39, 0.29) is 0 Å². The topological polar surface area (TPSA) is 220 Å². The van der Waals surface area contributed by atoms with E-state index < -0.39 is 36.9 Å². The number of hydrogen-bond donors (Lipinski definition) is 2. The lowest BCUT2D eigenvalue weighted by atomic mass is 10.7. The highest BCUT2D eigenvalue weighted by Gasteiger charge is 2.39. The monoisotopic (exact) mass is 261 g/mol. The van der Waals surface area contributed by atoms with E-state index >= 15 is 0 Å². The number of hydroxylamine groups is 1. The third-order valence-corrected chi connectivity index (χ3v) is 1.29. The number of rotatable bonds is 5. The zero-order chi connectivity index (χ0) is 13.1. The van der Waals surface area contributed by atoms with Gasteiger partial charge in [-0.3, -0.25) is 20.2 Å². The Kier molecular flexibility index (Phi) is 4.30. The van der Waals surface area contributed by atoms with Gasteiger partial charge in [0.25, 0.3) is 0 Å². The van der Waals surface area contributed by atoms with E-state index in [9.17, 15) is 34.2 Å². The maximum absolute atomic E-state index is 10.1. The van der Waals surface area contributed by atoms with Crippen molar-refractivity contribution < 1.29 is 38.5 Å². The van der Waals surface area contributed by atoms with Crippen molar-refractivity contribution in [3.05, 3.63) is 31.9 Å². The van der Waals surface area contributed by atoms with Gasteiger partial charge < -0.3 is 5.73 Å². The molecule has 0 aromatic heterocycles. The first-order valence-corrected chi connectivity index (χ1v) is 4.23. The van der Waals surface area contributed by atoms with Crippen molar-refractivity contribution in [2.75, 3.05) is 0 Å². The maximum Gasteiger partial charge on any atom is 0.603 e. The van der Waals surface area contributed by atoms with E-state index in [0.717, 1.165) is 0 Å². The van der Waals surface area contributed by atoms with Crippen molar-refractivity contribution in [2.24, 2.45) is 11.6 Å². The summed E-state index contributed by atoms with van der Waals surface area (Å²) in [5.74, 6) is 1.30. The minimum Gasteiger partial charge on any atom is -0.370 e. The number of hydrazine groups is 1. The Balaban J connectivity index is 5.11. The van der Waals surface area contributed by atoms with E-state index in [1.165, 1.54) is 0 Å². The summed E-state index contributed by atoms with van der Waals surface area (Å²) < 4.78 is 33.2. The van der Waals surface area contributed by atoms with Crippen molar-refractivity contribution in [3.63, 3.8) is 0 Å². The Morgan fingerprint density at radius 3 is 1.81 bits per heavy atom. The summed E-state index contributed by atoms with van der Waals surface area (Å²) in [6, 6.07) is 0. The van der Waals surface area contributed by atoms with E-state index in [4.69, 9.17) is 5.73 Å². The molecule has 0 atom stereocenters. The van der Waals surface area contributed by atoms with Gasteiger partial charge in [-0.15, -0.1) is 0 Å². The molecule has 0 spiro atoms. The predicted molar refractivity (Wildman–Crippen MR) is 32.3 cm³/mol. The summed E-state index contributed by atoms with van der Waals surface area (Å²) >= 11 is 0. The summed E-state index contributed by atoms with van der Waals surface area (Å²) in [7, 11) is -5.09. The number of halogens is 1. The average molecular weight is 262 g/mol. The number of nitro groups is 2. The predicted octanol–water partition coefficient (Wildman–Crippen LogP) is -5.37. The second kappa shape index (κ2) is 4.84. The standard InChI is InChI=1S/C2H4ClN5O8/c4-1(2(7(12)13)8(14)15)6(5)16-3(9,10)11/h4-5H2. The first kappa shape index (κ1) is 14.2. The zero-order valence-corrected chi connectivity index (χ0v) is 7.90. The summed E-state index contributed by atoms with van der Waals surface area (Å²) in [5, 5.41) is 19.6. The molecule has 0 aromatic carbocycles. The van der Waals surface area contributed by atoms with Crippen LogP contribution in [0.1, 0.15) is 0 Å². The van der Waals surface area contributed by atoms with Gasteiger partial charge in [0.05, 0.1) is 0 Å². The zero-order valence-electron chi connectivity index (χ0n) is 7.14.